The number of aromatic nitrogens is 3. The average molecular weight is 666 g/mol. The van der Waals surface area contributed by atoms with Crippen molar-refractivity contribution in [1.82, 2.24) is 15.0 Å². The molecule has 0 saturated heterocycles. The van der Waals surface area contributed by atoms with Crippen molar-refractivity contribution in [3.8, 4) is 45.3 Å². The number of nitrogens with zero attached hydrogens (tertiary/aromatic N) is 3. The highest BCUT2D eigenvalue weighted by atomic mass is 16.3. The molecule has 5 nitrogen and oxygen atoms in total. The molecule has 11 aromatic rings. The van der Waals surface area contributed by atoms with Crippen LogP contribution in [0.15, 0.2) is 173 Å². The SMILES string of the molecule is c1ccc(-c2cccc3oc4ccccc4c23)c(-c2nc(-c3ccc4ccc5ccccc5c4c3)nc(-c3cccc4c3oc3ccccc34)n2)c1. The lowest BCUT2D eigenvalue weighted by Crippen LogP contribution is -2.01. The van der Waals surface area contributed by atoms with Crippen LogP contribution in [0.25, 0.3) is 111 Å². The number of fused-ring (bicyclic) bond motifs is 9. The molecule has 0 N–H and O–H groups in total. The van der Waals surface area contributed by atoms with Gasteiger partial charge in [-0.2, -0.15) is 0 Å². The predicted molar refractivity (Wildman–Crippen MR) is 211 cm³/mol. The Balaban J connectivity index is 1.19. The topological polar surface area (TPSA) is 65.0 Å². The molecule has 0 spiro atoms. The Labute approximate surface area is 297 Å². The fourth-order valence-corrected chi connectivity index (χ4v) is 7.72. The Morgan fingerprint density at radius 3 is 1.75 bits per heavy atom. The van der Waals surface area contributed by atoms with Crippen LogP contribution in [0.3, 0.4) is 0 Å². The molecule has 3 aromatic heterocycles. The van der Waals surface area contributed by atoms with Crippen molar-refractivity contribution in [3.63, 3.8) is 0 Å². The molecule has 3 heterocycles. The van der Waals surface area contributed by atoms with Gasteiger partial charge in [0.05, 0.1) is 5.56 Å². The molecular formula is C47H27N3O2. The first kappa shape index (κ1) is 28.7. The second-order valence-electron chi connectivity index (χ2n) is 13.1. The second-order valence-corrected chi connectivity index (χ2v) is 13.1. The molecule has 8 aromatic carbocycles. The quantitative estimate of drug-likeness (QED) is 0.175. The smallest absolute Gasteiger partial charge is 0.167 e. The van der Waals surface area contributed by atoms with Gasteiger partial charge in [-0.15, -0.1) is 0 Å². The molecule has 0 unspecified atom stereocenters. The molecule has 0 amide bonds. The molecule has 0 fully saturated rings. The van der Waals surface area contributed by atoms with Gasteiger partial charge in [0.2, 0.25) is 0 Å². The van der Waals surface area contributed by atoms with Gasteiger partial charge in [0.1, 0.15) is 22.3 Å². The van der Waals surface area contributed by atoms with E-state index in [-0.39, 0.29) is 0 Å². The Kier molecular flexibility index (Phi) is 6.18. The maximum Gasteiger partial charge on any atom is 0.167 e. The van der Waals surface area contributed by atoms with Crippen LogP contribution < -0.4 is 0 Å². The maximum atomic E-state index is 6.50. The molecular weight excluding hydrogens is 639 g/mol. The van der Waals surface area contributed by atoms with Gasteiger partial charge in [-0.05, 0) is 63.0 Å². The number of hydrogen-bond donors (Lipinski definition) is 0. The summed E-state index contributed by atoms with van der Waals surface area (Å²) in [7, 11) is 0. The van der Waals surface area contributed by atoms with Gasteiger partial charge < -0.3 is 8.83 Å². The van der Waals surface area contributed by atoms with E-state index >= 15 is 0 Å². The maximum absolute atomic E-state index is 6.50. The van der Waals surface area contributed by atoms with Gasteiger partial charge in [-0.3, -0.25) is 0 Å². The number of hydrogen-bond acceptors (Lipinski definition) is 5. The summed E-state index contributed by atoms with van der Waals surface area (Å²) in [6, 6.07) is 56.3. The minimum absolute atomic E-state index is 0.546. The molecule has 52 heavy (non-hydrogen) atoms. The van der Waals surface area contributed by atoms with E-state index in [1.165, 1.54) is 10.8 Å². The molecule has 0 aliphatic rings. The number of furan rings is 2. The van der Waals surface area contributed by atoms with Gasteiger partial charge >= 0.3 is 0 Å². The summed E-state index contributed by atoms with van der Waals surface area (Å²) >= 11 is 0. The van der Waals surface area contributed by atoms with Gasteiger partial charge in [0.25, 0.3) is 0 Å². The summed E-state index contributed by atoms with van der Waals surface area (Å²) in [5, 5.41) is 8.90. The van der Waals surface area contributed by atoms with E-state index in [1.54, 1.807) is 0 Å². The Bertz CT molecular complexity index is 3210. The average Bonchev–Trinajstić information content (AvgIpc) is 3.79. The van der Waals surface area contributed by atoms with Crippen molar-refractivity contribution in [3.05, 3.63) is 164 Å². The molecule has 11 rings (SSSR count). The second kappa shape index (κ2) is 11.2. The molecule has 0 atom stereocenters. The predicted octanol–water partition coefficient (Wildman–Crippen LogP) is 12.6. The van der Waals surface area contributed by atoms with Gasteiger partial charge in [-0.1, -0.05) is 133 Å². The van der Waals surface area contributed by atoms with Crippen molar-refractivity contribution in [2.24, 2.45) is 0 Å². The van der Waals surface area contributed by atoms with Crippen LogP contribution in [0.4, 0.5) is 0 Å². The summed E-state index contributed by atoms with van der Waals surface area (Å²) in [5.74, 6) is 1.71. The summed E-state index contributed by atoms with van der Waals surface area (Å²) in [6.45, 7) is 0. The minimum Gasteiger partial charge on any atom is -0.456 e. The highest BCUT2D eigenvalue weighted by Gasteiger charge is 2.21. The van der Waals surface area contributed by atoms with Gasteiger partial charge in [-0.25, -0.2) is 15.0 Å². The van der Waals surface area contributed by atoms with E-state index in [4.69, 9.17) is 23.8 Å². The van der Waals surface area contributed by atoms with Gasteiger partial charge in [0, 0.05) is 32.7 Å². The van der Waals surface area contributed by atoms with Crippen molar-refractivity contribution in [1.29, 1.82) is 0 Å². The van der Waals surface area contributed by atoms with E-state index in [0.717, 1.165) is 82.5 Å². The van der Waals surface area contributed by atoms with E-state index in [1.807, 2.05) is 60.7 Å². The van der Waals surface area contributed by atoms with Crippen LogP contribution in [0.5, 0.6) is 0 Å². The summed E-state index contributed by atoms with van der Waals surface area (Å²) in [4.78, 5) is 15.7. The largest absolute Gasteiger partial charge is 0.456 e. The first-order valence-corrected chi connectivity index (χ1v) is 17.4. The molecule has 0 saturated carbocycles. The first-order chi connectivity index (χ1) is 25.8. The third kappa shape index (κ3) is 4.39. The molecule has 0 bridgehead atoms. The van der Waals surface area contributed by atoms with E-state index in [9.17, 15) is 0 Å². The number of rotatable bonds is 4. The fourth-order valence-electron chi connectivity index (χ4n) is 7.72. The van der Waals surface area contributed by atoms with Crippen LogP contribution in [-0.2, 0) is 0 Å². The summed E-state index contributed by atoms with van der Waals surface area (Å²) in [5.41, 5.74) is 7.95. The van der Waals surface area contributed by atoms with Crippen molar-refractivity contribution in [2.75, 3.05) is 0 Å². The summed E-state index contributed by atoms with van der Waals surface area (Å²) < 4.78 is 12.8. The normalized spacial score (nSPS) is 11.8. The lowest BCUT2D eigenvalue weighted by atomic mass is 9.95. The molecule has 0 aliphatic carbocycles. The van der Waals surface area contributed by atoms with Crippen LogP contribution >= 0.6 is 0 Å². The van der Waals surface area contributed by atoms with Crippen LogP contribution in [0, 0.1) is 0 Å². The van der Waals surface area contributed by atoms with Crippen molar-refractivity contribution >= 4 is 65.4 Å². The summed E-state index contributed by atoms with van der Waals surface area (Å²) in [6.07, 6.45) is 0. The fraction of sp³-hybridized carbons (Fsp3) is 0. The Morgan fingerprint density at radius 2 is 0.885 bits per heavy atom. The minimum atomic E-state index is 0.546. The number of para-hydroxylation sites is 3. The van der Waals surface area contributed by atoms with E-state index < -0.39 is 0 Å². The van der Waals surface area contributed by atoms with Gasteiger partial charge in [0.15, 0.2) is 17.5 Å². The number of benzene rings is 8. The van der Waals surface area contributed by atoms with Crippen LogP contribution in [0.1, 0.15) is 0 Å². The van der Waals surface area contributed by atoms with Crippen molar-refractivity contribution in [2.45, 2.75) is 0 Å². The van der Waals surface area contributed by atoms with Crippen molar-refractivity contribution < 1.29 is 8.83 Å². The third-order valence-electron chi connectivity index (χ3n) is 10.1. The molecule has 5 heteroatoms. The highest BCUT2D eigenvalue weighted by Crippen LogP contribution is 2.41. The third-order valence-corrected chi connectivity index (χ3v) is 10.1. The zero-order chi connectivity index (χ0) is 34.2. The van der Waals surface area contributed by atoms with Crippen LogP contribution in [-0.4, -0.2) is 15.0 Å². The molecule has 0 radical (unpaired) electrons. The highest BCUT2D eigenvalue weighted by molar-refractivity contribution is 6.14. The lowest BCUT2D eigenvalue weighted by Gasteiger charge is -2.13. The Morgan fingerprint density at radius 1 is 0.327 bits per heavy atom. The standard InChI is InChI=1S/C47H27N3O2/c1-2-12-31-28(11-1)23-24-29-25-26-30(27-39(29)31)45-48-46(50-47(49-45)38-19-9-18-35-33-14-5-7-20-40(33)52-44(35)38)36-15-4-3-13-32(36)34-17-10-22-42-43(34)37-16-6-8-21-41(37)51-42/h1-27H. The first-order valence-electron chi connectivity index (χ1n) is 17.4. The molecule has 242 valence electrons. The van der Waals surface area contributed by atoms with E-state index in [2.05, 4.69) is 103 Å². The zero-order valence-electron chi connectivity index (χ0n) is 27.7. The monoisotopic (exact) mass is 665 g/mol. The molecule has 0 aliphatic heterocycles. The van der Waals surface area contributed by atoms with Crippen LogP contribution in [0.2, 0.25) is 0 Å². The Hall–Kier alpha value is -7.11. The lowest BCUT2D eigenvalue weighted by molar-refractivity contribution is 0.669. The zero-order valence-corrected chi connectivity index (χ0v) is 27.7. The van der Waals surface area contributed by atoms with E-state index in [0.29, 0.717) is 17.5 Å².